The maximum absolute atomic E-state index is 4.87. The summed E-state index contributed by atoms with van der Waals surface area (Å²) in [5.74, 6) is 0. The Balaban J connectivity index is 0.000000858. The van der Waals surface area contributed by atoms with Gasteiger partial charge in [0.25, 0.3) is 0 Å². The number of aromatic nitrogens is 3. The summed E-state index contributed by atoms with van der Waals surface area (Å²) in [6, 6.07) is 18.1. The van der Waals surface area contributed by atoms with E-state index >= 15 is 0 Å². The first-order chi connectivity index (χ1) is 14.9. The molecule has 0 N–H and O–H groups in total. The van der Waals surface area contributed by atoms with Gasteiger partial charge in [0, 0.05) is 0 Å². The van der Waals surface area contributed by atoms with Crippen LogP contribution in [0.15, 0.2) is 65.8 Å². The quantitative estimate of drug-likeness (QED) is 0.225. The van der Waals surface area contributed by atoms with Crippen molar-refractivity contribution in [2.75, 3.05) is 0 Å². The van der Waals surface area contributed by atoms with Gasteiger partial charge in [-0.15, -0.1) is 0 Å². The van der Waals surface area contributed by atoms with Gasteiger partial charge in [0.2, 0.25) is 0 Å². The van der Waals surface area contributed by atoms with Crippen molar-refractivity contribution in [2.45, 2.75) is 27.7 Å². The van der Waals surface area contributed by atoms with Crippen LogP contribution in [0.5, 0.6) is 0 Å². The van der Waals surface area contributed by atoms with E-state index in [4.69, 9.17) is 35.2 Å². The summed E-state index contributed by atoms with van der Waals surface area (Å²) < 4.78 is 0. The standard InChI is InChI=1S/C24H22N4.2ClH.Fe/c1-15-12-16(2)24(17(3)13-15)26-18(4)19-10-7-11-22(27-19)23-14-25-20-8-5-6-9-21(20)28-23;;;/h5-14H,1-4H3;2*1H;/q;;;+2/p-2. The molecule has 160 valence electrons. The average Bonchev–Trinajstić information content (AvgIpc) is 2.76. The van der Waals surface area contributed by atoms with E-state index in [1.165, 1.54) is 16.7 Å². The van der Waals surface area contributed by atoms with Crippen LogP contribution in [-0.2, 0) is 13.1 Å². The van der Waals surface area contributed by atoms with Gasteiger partial charge in [-0.05, 0) is 63.1 Å². The van der Waals surface area contributed by atoms with Crippen LogP contribution in [0.3, 0.4) is 0 Å². The van der Waals surface area contributed by atoms with Crippen molar-refractivity contribution in [1.82, 2.24) is 15.0 Å². The van der Waals surface area contributed by atoms with Gasteiger partial charge in [0.15, 0.2) is 0 Å². The van der Waals surface area contributed by atoms with Gasteiger partial charge in [-0.3, -0.25) is 9.98 Å². The summed E-state index contributed by atoms with van der Waals surface area (Å²) in [5.41, 5.74) is 9.63. The van der Waals surface area contributed by atoms with Crippen LogP contribution < -0.4 is 0 Å². The number of para-hydroxylation sites is 2. The SMILES string of the molecule is CC(=Nc1c(C)cc(C)cc1C)c1cccc(-c2cnc3ccccc3n2)n1.[Cl][Fe][Cl]. The number of hydrogen-bond acceptors (Lipinski definition) is 4. The molecule has 0 spiro atoms. The van der Waals surface area contributed by atoms with Gasteiger partial charge in [-0.2, -0.15) is 0 Å². The molecular weight excluding hydrogens is 471 g/mol. The van der Waals surface area contributed by atoms with Gasteiger partial charge >= 0.3 is 33.3 Å². The molecule has 0 aliphatic rings. The normalized spacial score (nSPS) is 11.4. The van der Waals surface area contributed by atoms with Crippen molar-refractivity contribution in [2.24, 2.45) is 4.99 Å². The molecule has 0 saturated heterocycles. The summed E-state index contributed by atoms with van der Waals surface area (Å²) in [5, 5.41) is 0. The molecule has 0 aliphatic heterocycles. The molecule has 7 heteroatoms. The fourth-order valence-electron chi connectivity index (χ4n) is 3.43. The van der Waals surface area contributed by atoms with Gasteiger partial charge in [-0.1, -0.05) is 35.9 Å². The molecule has 2 aromatic heterocycles. The van der Waals surface area contributed by atoms with E-state index in [2.05, 4.69) is 37.9 Å². The molecule has 4 nitrogen and oxygen atoms in total. The zero-order chi connectivity index (χ0) is 22.4. The zero-order valence-corrected chi connectivity index (χ0v) is 20.3. The second kappa shape index (κ2) is 10.8. The Kier molecular flexibility index (Phi) is 8.16. The molecule has 0 saturated carbocycles. The molecule has 0 amide bonds. The first-order valence-corrected chi connectivity index (χ1v) is 12.6. The van der Waals surface area contributed by atoms with Crippen LogP contribution in [0.1, 0.15) is 29.3 Å². The molecular formula is C24H22Cl2FeN4. The Bertz CT molecular complexity index is 1220. The Hall–Kier alpha value is -2.30. The number of pyridine rings is 1. The Morgan fingerprint density at radius 2 is 1.48 bits per heavy atom. The van der Waals surface area contributed by atoms with Crippen LogP contribution in [0.2, 0.25) is 0 Å². The van der Waals surface area contributed by atoms with Crippen LogP contribution in [-0.4, -0.2) is 20.7 Å². The molecule has 0 atom stereocenters. The van der Waals surface area contributed by atoms with Crippen LogP contribution >= 0.6 is 20.2 Å². The van der Waals surface area contributed by atoms with Crippen molar-refractivity contribution in [3.8, 4) is 11.4 Å². The van der Waals surface area contributed by atoms with Gasteiger partial charge < -0.3 is 0 Å². The third kappa shape index (κ3) is 5.90. The number of hydrogen-bond donors (Lipinski definition) is 0. The first-order valence-electron chi connectivity index (χ1n) is 9.61. The number of benzene rings is 2. The van der Waals surface area contributed by atoms with Gasteiger partial charge in [-0.25, -0.2) is 9.97 Å². The fourth-order valence-corrected chi connectivity index (χ4v) is 3.43. The summed E-state index contributed by atoms with van der Waals surface area (Å²) in [6.07, 6.45) is 1.77. The molecule has 0 fully saturated rings. The monoisotopic (exact) mass is 492 g/mol. The topological polar surface area (TPSA) is 51.0 Å². The molecule has 0 aliphatic carbocycles. The van der Waals surface area contributed by atoms with Crippen LogP contribution in [0.25, 0.3) is 22.4 Å². The summed E-state index contributed by atoms with van der Waals surface area (Å²) in [7, 11) is 9.53. The predicted octanol–water partition coefficient (Wildman–Crippen LogP) is 7.13. The molecule has 31 heavy (non-hydrogen) atoms. The second-order valence-corrected chi connectivity index (χ2v) is 8.97. The average molecular weight is 493 g/mol. The molecule has 0 unspecified atom stereocenters. The molecule has 4 rings (SSSR count). The van der Waals surface area contributed by atoms with Gasteiger partial charge in [0.1, 0.15) is 5.69 Å². The number of rotatable bonds is 3. The van der Waals surface area contributed by atoms with E-state index < -0.39 is 0 Å². The maximum atomic E-state index is 4.87. The van der Waals surface area contributed by atoms with E-state index in [0.29, 0.717) is 0 Å². The summed E-state index contributed by atoms with van der Waals surface area (Å²) in [4.78, 5) is 18.9. The number of aryl methyl sites for hydroxylation is 3. The number of fused-ring (bicyclic) bond motifs is 1. The Morgan fingerprint density at radius 3 is 2.16 bits per heavy atom. The van der Waals surface area contributed by atoms with E-state index in [1.54, 1.807) is 6.20 Å². The van der Waals surface area contributed by atoms with Crippen LogP contribution in [0, 0.1) is 20.8 Å². The number of nitrogens with zero attached hydrogens (tertiary/aromatic N) is 4. The van der Waals surface area contributed by atoms with Crippen molar-refractivity contribution in [3.05, 3.63) is 83.2 Å². The van der Waals surface area contributed by atoms with Crippen LogP contribution in [0.4, 0.5) is 5.69 Å². The van der Waals surface area contributed by atoms with Crippen molar-refractivity contribution < 1.29 is 13.1 Å². The second-order valence-electron chi connectivity index (χ2n) is 7.15. The third-order valence-corrected chi connectivity index (χ3v) is 4.75. The van der Waals surface area contributed by atoms with Crippen molar-refractivity contribution in [1.29, 1.82) is 0 Å². The molecule has 4 aromatic rings. The summed E-state index contributed by atoms with van der Waals surface area (Å²) in [6.45, 7) is 8.30. The Labute approximate surface area is 197 Å². The van der Waals surface area contributed by atoms with Crippen molar-refractivity contribution in [3.63, 3.8) is 0 Å². The molecule has 2 heterocycles. The Morgan fingerprint density at radius 1 is 0.839 bits per heavy atom. The minimum absolute atomic E-state index is 0.194. The molecule has 0 radical (unpaired) electrons. The first kappa shape index (κ1) is 23.4. The predicted molar refractivity (Wildman–Crippen MR) is 127 cm³/mol. The van der Waals surface area contributed by atoms with Crippen molar-refractivity contribution >= 4 is 42.6 Å². The zero-order valence-electron chi connectivity index (χ0n) is 17.7. The third-order valence-electron chi connectivity index (χ3n) is 4.75. The minimum atomic E-state index is 0.194. The summed E-state index contributed by atoms with van der Waals surface area (Å²) >= 11 is 0.194. The van der Waals surface area contributed by atoms with E-state index in [1.807, 2.05) is 49.4 Å². The fraction of sp³-hybridized carbons (Fsp3) is 0.167. The van der Waals surface area contributed by atoms with Gasteiger partial charge in [0.05, 0.1) is 40.0 Å². The number of halogens is 2. The molecule has 2 aromatic carbocycles. The van der Waals surface area contributed by atoms with E-state index in [9.17, 15) is 0 Å². The molecule has 0 bridgehead atoms. The van der Waals surface area contributed by atoms with E-state index in [0.717, 1.165) is 39.5 Å². The number of aliphatic imine (C=N–C) groups is 1. The van der Waals surface area contributed by atoms with E-state index in [-0.39, 0.29) is 13.1 Å².